The van der Waals surface area contributed by atoms with Gasteiger partial charge in [0.1, 0.15) is 11.6 Å². The topological polar surface area (TPSA) is 63.8 Å². The summed E-state index contributed by atoms with van der Waals surface area (Å²) < 4.78 is 19.1. The minimum Gasteiger partial charge on any atom is -0.364 e. The van der Waals surface area contributed by atoms with Crippen LogP contribution in [0.4, 0.5) is 10.2 Å². The van der Waals surface area contributed by atoms with Gasteiger partial charge in [-0.05, 0) is 43.2 Å². The van der Waals surface area contributed by atoms with Gasteiger partial charge in [-0.2, -0.15) is 4.98 Å². The zero-order valence-electron chi connectivity index (χ0n) is 14.7. The first-order valence-corrected chi connectivity index (χ1v) is 8.26. The van der Waals surface area contributed by atoms with Gasteiger partial charge in [-0.1, -0.05) is 31.1 Å². The van der Waals surface area contributed by atoms with Gasteiger partial charge in [0.2, 0.25) is 0 Å². The van der Waals surface area contributed by atoms with Crippen LogP contribution < -0.4 is 5.32 Å². The maximum Gasteiger partial charge on any atom is 0.258 e. The number of nitrogens with one attached hydrogen (secondary N) is 1. The first kappa shape index (κ1) is 17.1. The van der Waals surface area contributed by atoms with E-state index in [1.807, 2.05) is 39.0 Å². The van der Waals surface area contributed by atoms with Crippen molar-refractivity contribution in [2.45, 2.75) is 39.7 Å². The molecule has 25 heavy (non-hydrogen) atoms. The second kappa shape index (κ2) is 7.01. The zero-order valence-corrected chi connectivity index (χ0v) is 14.7. The molecule has 3 rings (SSSR count). The summed E-state index contributed by atoms with van der Waals surface area (Å²) in [6, 6.07) is 8.80. The van der Waals surface area contributed by atoms with Crippen LogP contribution in [0.25, 0.3) is 11.5 Å². The number of benzene rings is 1. The third-order valence-corrected chi connectivity index (χ3v) is 4.03. The molecule has 0 fully saturated rings. The second-order valence-corrected chi connectivity index (χ2v) is 6.42. The number of aryl methyl sites for hydroxylation is 1. The lowest BCUT2D eigenvalue weighted by Crippen LogP contribution is -2.08. The second-order valence-electron chi connectivity index (χ2n) is 6.42. The Labute approximate surface area is 146 Å². The van der Waals surface area contributed by atoms with Crippen LogP contribution in [-0.4, -0.2) is 15.1 Å². The lowest BCUT2D eigenvalue weighted by Gasteiger charge is -2.15. The number of hydrogen-bond acceptors (Lipinski definition) is 5. The third kappa shape index (κ3) is 3.84. The smallest absolute Gasteiger partial charge is 0.258 e. The Balaban J connectivity index is 1.80. The highest BCUT2D eigenvalue weighted by molar-refractivity contribution is 5.58. The summed E-state index contributed by atoms with van der Waals surface area (Å²) in [5, 5.41) is 7.26. The quantitative estimate of drug-likeness (QED) is 0.717. The fourth-order valence-corrected chi connectivity index (χ4v) is 2.41. The van der Waals surface area contributed by atoms with Gasteiger partial charge in [-0.15, -0.1) is 0 Å². The largest absolute Gasteiger partial charge is 0.364 e. The molecule has 130 valence electrons. The highest BCUT2D eigenvalue weighted by Gasteiger charge is 2.13. The number of hydrogen-bond donors (Lipinski definition) is 1. The molecule has 0 aliphatic carbocycles. The van der Waals surface area contributed by atoms with Crippen LogP contribution in [0.3, 0.4) is 0 Å². The van der Waals surface area contributed by atoms with Gasteiger partial charge in [-0.25, -0.2) is 9.37 Å². The summed E-state index contributed by atoms with van der Waals surface area (Å²) in [6.07, 6.45) is 1.68. The van der Waals surface area contributed by atoms with Crippen LogP contribution in [0.5, 0.6) is 0 Å². The molecular weight excluding hydrogens is 319 g/mol. The van der Waals surface area contributed by atoms with Crippen molar-refractivity contribution in [3.05, 3.63) is 59.3 Å². The molecule has 0 saturated carbocycles. The average molecular weight is 340 g/mol. The van der Waals surface area contributed by atoms with Crippen molar-refractivity contribution >= 4 is 5.82 Å². The van der Waals surface area contributed by atoms with E-state index in [4.69, 9.17) is 4.52 Å². The molecule has 1 unspecified atom stereocenters. The van der Waals surface area contributed by atoms with Gasteiger partial charge in [-0.3, -0.25) is 0 Å². The lowest BCUT2D eigenvalue weighted by molar-refractivity contribution is 0.419. The average Bonchev–Trinajstić information content (AvgIpc) is 3.08. The number of rotatable bonds is 5. The summed E-state index contributed by atoms with van der Waals surface area (Å²) in [5.41, 5.74) is 2.28. The van der Waals surface area contributed by atoms with Crippen molar-refractivity contribution in [3.63, 3.8) is 0 Å². The highest BCUT2D eigenvalue weighted by atomic mass is 19.1. The molecule has 2 heterocycles. The van der Waals surface area contributed by atoms with Gasteiger partial charge in [0.05, 0.1) is 6.04 Å². The van der Waals surface area contributed by atoms with E-state index in [2.05, 4.69) is 20.4 Å². The van der Waals surface area contributed by atoms with Gasteiger partial charge < -0.3 is 9.84 Å². The first-order chi connectivity index (χ1) is 11.9. The van der Waals surface area contributed by atoms with Crippen molar-refractivity contribution in [2.24, 2.45) is 0 Å². The summed E-state index contributed by atoms with van der Waals surface area (Å²) >= 11 is 0. The third-order valence-electron chi connectivity index (χ3n) is 4.03. The maximum absolute atomic E-state index is 13.8. The molecule has 0 bridgehead atoms. The van der Waals surface area contributed by atoms with Crippen LogP contribution in [0, 0.1) is 12.7 Å². The van der Waals surface area contributed by atoms with E-state index in [0.717, 1.165) is 11.1 Å². The molecule has 6 heteroatoms. The molecule has 0 amide bonds. The standard InChI is InChI=1S/C19H21FN4O/c1-11(2)18-23-19(25-24-18)15-7-8-21-17(10-15)22-13(4)14-6-5-12(3)16(20)9-14/h5-11,13H,1-4H3,(H,21,22). The number of halogens is 1. The maximum atomic E-state index is 13.8. The van der Waals surface area contributed by atoms with Crippen molar-refractivity contribution in [2.75, 3.05) is 5.32 Å². The molecule has 0 saturated heterocycles. The van der Waals surface area contributed by atoms with E-state index < -0.39 is 0 Å². The number of nitrogens with zero attached hydrogens (tertiary/aromatic N) is 3. The monoisotopic (exact) mass is 340 g/mol. The Bertz CT molecular complexity index is 875. The molecule has 0 spiro atoms. The molecular formula is C19H21FN4O. The molecule has 5 nitrogen and oxygen atoms in total. The van der Waals surface area contributed by atoms with Crippen LogP contribution in [0.2, 0.25) is 0 Å². The van der Waals surface area contributed by atoms with E-state index in [1.165, 1.54) is 0 Å². The molecule has 3 aromatic rings. The van der Waals surface area contributed by atoms with Crippen LogP contribution in [0.1, 0.15) is 49.7 Å². The van der Waals surface area contributed by atoms with Crippen molar-refractivity contribution < 1.29 is 8.91 Å². The SMILES string of the molecule is Cc1ccc(C(C)Nc2cc(-c3nc(C(C)C)no3)ccn2)cc1F. The molecule has 1 N–H and O–H groups in total. The van der Waals surface area contributed by atoms with Gasteiger partial charge >= 0.3 is 0 Å². The summed E-state index contributed by atoms with van der Waals surface area (Å²) in [5.74, 6) is 1.79. The molecule has 1 aromatic carbocycles. The fourth-order valence-electron chi connectivity index (χ4n) is 2.41. The summed E-state index contributed by atoms with van der Waals surface area (Å²) in [4.78, 5) is 8.71. The molecule has 0 aliphatic rings. The molecule has 1 atom stereocenters. The van der Waals surface area contributed by atoms with E-state index in [0.29, 0.717) is 23.1 Å². The van der Waals surface area contributed by atoms with E-state index in [9.17, 15) is 4.39 Å². The van der Waals surface area contributed by atoms with E-state index >= 15 is 0 Å². The van der Waals surface area contributed by atoms with E-state index in [1.54, 1.807) is 25.3 Å². The predicted octanol–water partition coefficient (Wildman–Crippen LogP) is 4.88. The van der Waals surface area contributed by atoms with Crippen molar-refractivity contribution in [3.8, 4) is 11.5 Å². The summed E-state index contributed by atoms with van der Waals surface area (Å²) in [6.45, 7) is 7.73. The van der Waals surface area contributed by atoms with Gasteiger partial charge in [0.15, 0.2) is 5.82 Å². The Hall–Kier alpha value is -2.76. The molecule has 0 aliphatic heterocycles. The van der Waals surface area contributed by atoms with Gasteiger partial charge in [0, 0.05) is 17.7 Å². The minimum absolute atomic E-state index is 0.0910. The molecule has 0 radical (unpaired) electrons. The van der Waals surface area contributed by atoms with Crippen LogP contribution >= 0.6 is 0 Å². The Morgan fingerprint density at radius 1 is 1.12 bits per heavy atom. The van der Waals surface area contributed by atoms with E-state index in [-0.39, 0.29) is 17.8 Å². The normalized spacial score (nSPS) is 12.4. The van der Waals surface area contributed by atoms with Crippen molar-refractivity contribution in [1.29, 1.82) is 0 Å². The van der Waals surface area contributed by atoms with Crippen LogP contribution in [0.15, 0.2) is 41.1 Å². The predicted molar refractivity (Wildman–Crippen MR) is 94.8 cm³/mol. The zero-order chi connectivity index (χ0) is 18.0. The number of aromatic nitrogens is 3. The Morgan fingerprint density at radius 2 is 1.92 bits per heavy atom. The summed E-state index contributed by atoms with van der Waals surface area (Å²) in [7, 11) is 0. The molecule has 2 aromatic heterocycles. The number of pyridine rings is 1. The Kier molecular flexibility index (Phi) is 4.79. The Morgan fingerprint density at radius 3 is 2.60 bits per heavy atom. The number of anilines is 1. The van der Waals surface area contributed by atoms with Crippen LogP contribution in [-0.2, 0) is 0 Å². The lowest BCUT2D eigenvalue weighted by atomic mass is 10.1. The fraction of sp³-hybridized carbons (Fsp3) is 0.316. The minimum atomic E-state index is -0.208. The highest BCUT2D eigenvalue weighted by Crippen LogP contribution is 2.24. The van der Waals surface area contributed by atoms with Crippen molar-refractivity contribution in [1.82, 2.24) is 15.1 Å². The van der Waals surface area contributed by atoms with Gasteiger partial charge in [0.25, 0.3) is 5.89 Å². The first-order valence-electron chi connectivity index (χ1n) is 8.26.